The summed E-state index contributed by atoms with van der Waals surface area (Å²) >= 11 is 0. The largest absolute Gasteiger partial charge is 0.365 e. The van der Waals surface area contributed by atoms with Crippen molar-refractivity contribution < 1.29 is 26.0 Å². The van der Waals surface area contributed by atoms with E-state index in [4.69, 9.17) is 0 Å². The zero-order valence-corrected chi connectivity index (χ0v) is 10.5. The Hall–Kier alpha value is -1.38. The molecule has 0 saturated carbocycles. The molecule has 4 nitrogen and oxygen atoms in total. The van der Waals surface area contributed by atoms with Crippen LogP contribution in [0.2, 0.25) is 0 Å². The lowest BCUT2D eigenvalue weighted by molar-refractivity contribution is 0.406. The zero-order valence-electron chi connectivity index (χ0n) is 9.67. The summed E-state index contributed by atoms with van der Waals surface area (Å²) in [5.74, 6) is -7.17. The lowest BCUT2D eigenvalue weighted by Crippen LogP contribution is -2.29. The van der Waals surface area contributed by atoms with E-state index in [1.165, 1.54) is 0 Å². The van der Waals surface area contributed by atoms with Crippen LogP contribution in [0.3, 0.4) is 0 Å². The Morgan fingerprint density at radius 2 is 1.53 bits per heavy atom. The maximum Gasteiger partial charge on any atom is 0.253 e. The highest BCUT2D eigenvalue weighted by molar-refractivity contribution is 7.91. The molecule has 19 heavy (non-hydrogen) atoms. The average Bonchev–Trinajstić information content (AvgIpc) is 2.49. The summed E-state index contributed by atoms with van der Waals surface area (Å²) in [5.41, 5.74) is -0.901. The van der Waals surface area contributed by atoms with Gasteiger partial charge in [0, 0.05) is 13.1 Å². The summed E-state index contributed by atoms with van der Waals surface area (Å²) in [7, 11) is -3.30. The van der Waals surface area contributed by atoms with Gasteiger partial charge < -0.3 is 4.90 Å². The number of anilines is 1. The van der Waals surface area contributed by atoms with Crippen molar-refractivity contribution in [1.29, 1.82) is 0 Å². The van der Waals surface area contributed by atoms with Gasteiger partial charge >= 0.3 is 0 Å². The summed E-state index contributed by atoms with van der Waals surface area (Å²) in [6, 6.07) is 0. The van der Waals surface area contributed by atoms with Crippen LogP contribution < -0.4 is 4.90 Å². The minimum absolute atomic E-state index is 0.00400. The first kappa shape index (κ1) is 14.0. The van der Waals surface area contributed by atoms with E-state index in [-0.39, 0.29) is 31.0 Å². The molecule has 9 heteroatoms. The van der Waals surface area contributed by atoms with Gasteiger partial charge in [-0.2, -0.15) is 22.5 Å². The highest BCUT2D eigenvalue weighted by Crippen LogP contribution is 2.27. The van der Waals surface area contributed by atoms with Crippen molar-refractivity contribution in [3.8, 4) is 0 Å². The van der Waals surface area contributed by atoms with Crippen molar-refractivity contribution in [3.63, 3.8) is 0 Å². The van der Waals surface area contributed by atoms with E-state index in [1.54, 1.807) is 0 Å². The fourth-order valence-electron chi connectivity index (χ4n) is 1.92. The molecule has 1 aliphatic heterocycles. The van der Waals surface area contributed by atoms with Gasteiger partial charge in [0.25, 0.3) is 11.9 Å². The maximum atomic E-state index is 13.5. The fourth-order valence-corrected chi connectivity index (χ4v) is 3.19. The van der Waals surface area contributed by atoms with Crippen LogP contribution in [0.4, 0.5) is 23.2 Å². The number of nitrogens with zero attached hydrogens (tertiary/aromatic N) is 2. The molecular weight excluding hydrogens is 288 g/mol. The molecule has 0 radical (unpaired) electrons. The monoisotopic (exact) mass is 298 g/mol. The minimum atomic E-state index is -3.30. The van der Waals surface area contributed by atoms with Crippen molar-refractivity contribution in [2.24, 2.45) is 0 Å². The SMILES string of the molecule is O=S1(=O)CCCN(c2c(F)c(F)nc(F)c2F)CC1. The molecule has 0 aromatic carbocycles. The molecule has 0 bridgehead atoms. The number of halogens is 4. The van der Waals surface area contributed by atoms with Crippen LogP contribution in [-0.4, -0.2) is 38.0 Å². The molecule has 0 amide bonds. The Morgan fingerprint density at radius 3 is 2.11 bits per heavy atom. The van der Waals surface area contributed by atoms with Crippen molar-refractivity contribution in [2.75, 3.05) is 29.5 Å². The summed E-state index contributed by atoms with van der Waals surface area (Å²) in [4.78, 5) is 3.44. The van der Waals surface area contributed by atoms with Crippen molar-refractivity contribution in [1.82, 2.24) is 4.98 Å². The smallest absolute Gasteiger partial charge is 0.253 e. The van der Waals surface area contributed by atoms with E-state index in [2.05, 4.69) is 4.98 Å². The Morgan fingerprint density at radius 1 is 0.947 bits per heavy atom. The maximum absolute atomic E-state index is 13.5. The Balaban J connectivity index is 2.42. The normalized spacial score (nSPS) is 19.3. The molecule has 0 unspecified atom stereocenters. The first-order valence-corrected chi connectivity index (χ1v) is 7.29. The van der Waals surface area contributed by atoms with Crippen LogP contribution in [0, 0.1) is 23.5 Å². The van der Waals surface area contributed by atoms with E-state index in [9.17, 15) is 26.0 Å². The van der Waals surface area contributed by atoms with E-state index in [1.807, 2.05) is 0 Å². The van der Waals surface area contributed by atoms with Crippen LogP contribution in [0.5, 0.6) is 0 Å². The Labute approximate surface area is 107 Å². The molecule has 1 saturated heterocycles. The summed E-state index contributed by atoms with van der Waals surface area (Å²) in [5, 5.41) is 0. The van der Waals surface area contributed by atoms with Gasteiger partial charge in [-0.25, -0.2) is 8.42 Å². The second-order valence-electron chi connectivity index (χ2n) is 4.16. The lowest BCUT2D eigenvalue weighted by atomic mass is 10.3. The van der Waals surface area contributed by atoms with Gasteiger partial charge in [0.2, 0.25) is 11.6 Å². The van der Waals surface area contributed by atoms with Gasteiger partial charge in [-0.15, -0.1) is 0 Å². The molecule has 106 valence electrons. The number of aromatic nitrogens is 1. The quantitative estimate of drug-likeness (QED) is 0.578. The average molecular weight is 298 g/mol. The van der Waals surface area contributed by atoms with E-state index in [0.717, 1.165) is 4.90 Å². The van der Waals surface area contributed by atoms with Crippen molar-refractivity contribution >= 4 is 15.5 Å². The molecule has 1 aliphatic rings. The number of hydrogen-bond donors (Lipinski definition) is 0. The van der Waals surface area contributed by atoms with Gasteiger partial charge in [0.1, 0.15) is 5.69 Å². The molecule has 1 aromatic heterocycles. The first-order chi connectivity index (χ1) is 8.82. The number of hydrogen-bond acceptors (Lipinski definition) is 4. The molecule has 0 aliphatic carbocycles. The number of sulfone groups is 1. The molecule has 2 rings (SSSR count). The topological polar surface area (TPSA) is 50.3 Å². The summed E-state index contributed by atoms with van der Waals surface area (Å²) < 4.78 is 75.8. The molecule has 1 fully saturated rings. The zero-order chi connectivity index (χ0) is 14.2. The summed E-state index contributed by atoms with van der Waals surface area (Å²) in [6.45, 7) is -0.227. The molecule has 2 heterocycles. The van der Waals surface area contributed by atoms with Gasteiger partial charge in [-0.05, 0) is 6.42 Å². The van der Waals surface area contributed by atoms with Crippen molar-refractivity contribution in [3.05, 3.63) is 23.5 Å². The van der Waals surface area contributed by atoms with Crippen LogP contribution >= 0.6 is 0 Å². The molecule has 0 N–H and O–H groups in total. The van der Waals surface area contributed by atoms with E-state index < -0.39 is 39.1 Å². The van der Waals surface area contributed by atoms with E-state index >= 15 is 0 Å². The van der Waals surface area contributed by atoms with Crippen LogP contribution in [0.25, 0.3) is 0 Å². The third-order valence-electron chi connectivity index (χ3n) is 2.85. The van der Waals surface area contributed by atoms with Gasteiger partial charge in [-0.3, -0.25) is 0 Å². The highest BCUT2D eigenvalue weighted by atomic mass is 32.2. The molecular formula is C10H10F4N2O2S. The first-order valence-electron chi connectivity index (χ1n) is 5.47. The second-order valence-corrected chi connectivity index (χ2v) is 6.47. The predicted octanol–water partition coefficient (Wildman–Crippen LogP) is 1.26. The molecule has 0 atom stereocenters. The second kappa shape index (κ2) is 4.95. The minimum Gasteiger partial charge on any atom is -0.365 e. The third-order valence-corrected chi connectivity index (χ3v) is 4.56. The molecule has 0 spiro atoms. The Bertz CT molecular complexity index is 580. The van der Waals surface area contributed by atoms with Crippen LogP contribution in [0.1, 0.15) is 6.42 Å². The van der Waals surface area contributed by atoms with E-state index in [0.29, 0.717) is 0 Å². The highest BCUT2D eigenvalue weighted by Gasteiger charge is 2.28. The summed E-state index contributed by atoms with van der Waals surface area (Å²) in [6.07, 6.45) is 0.132. The van der Waals surface area contributed by atoms with Crippen LogP contribution in [0.15, 0.2) is 0 Å². The van der Waals surface area contributed by atoms with Crippen molar-refractivity contribution in [2.45, 2.75) is 6.42 Å². The standard InChI is InChI=1S/C10H10F4N2O2S/c11-6-8(7(12)10(14)15-9(6)13)16-2-1-4-19(17,18)5-3-16/h1-5H2. The number of pyridine rings is 1. The lowest BCUT2D eigenvalue weighted by Gasteiger charge is -2.22. The van der Waals surface area contributed by atoms with Gasteiger partial charge in [0.15, 0.2) is 9.84 Å². The van der Waals surface area contributed by atoms with Crippen LogP contribution in [-0.2, 0) is 9.84 Å². The predicted molar refractivity (Wildman–Crippen MR) is 59.6 cm³/mol. The van der Waals surface area contributed by atoms with Gasteiger partial charge in [0.05, 0.1) is 11.5 Å². The Kier molecular flexibility index (Phi) is 3.66. The molecule has 1 aromatic rings. The third kappa shape index (κ3) is 2.80. The fraction of sp³-hybridized carbons (Fsp3) is 0.500. The number of rotatable bonds is 1. The van der Waals surface area contributed by atoms with Gasteiger partial charge in [-0.1, -0.05) is 0 Å².